The number of rotatable bonds is 3. The van der Waals surface area contributed by atoms with Crippen molar-refractivity contribution < 1.29 is 14.0 Å². The van der Waals surface area contributed by atoms with E-state index in [9.17, 15) is 9.50 Å². The Morgan fingerprint density at radius 2 is 1.58 bits per heavy atom. The van der Waals surface area contributed by atoms with E-state index in [0.29, 0.717) is 16.8 Å². The molecule has 3 aromatic carbocycles. The molecule has 0 atom stereocenters. The van der Waals surface area contributed by atoms with Crippen LogP contribution >= 0.6 is 0 Å². The lowest BCUT2D eigenvalue weighted by molar-refractivity contribution is 0.281. The molecule has 0 radical (unpaired) electrons. The Kier molecular flexibility index (Phi) is 3.59. The number of hydrogen-bond acceptors (Lipinski definition) is 3. The van der Waals surface area contributed by atoms with E-state index in [4.69, 9.17) is 4.52 Å². The monoisotopic (exact) mass is 319 g/mol. The average Bonchev–Trinajstić information content (AvgIpc) is 3.05. The second kappa shape index (κ2) is 5.91. The van der Waals surface area contributed by atoms with Crippen LogP contribution in [0.5, 0.6) is 0 Å². The highest BCUT2D eigenvalue weighted by molar-refractivity contribution is 5.97. The Hall–Kier alpha value is -2.98. The number of nitrogens with zero attached hydrogens (tertiary/aromatic N) is 1. The highest BCUT2D eigenvalue weighted by Gasteiger charge is 2.21. The fourth-order valence-corrected chi connectivity index (χ4v) is 2.96. The van der Waals surface area contributed by atoms with Crippen molar-refractivity contribution in [3.05, 3.63) is 78.1 Å². The van der Waals surface area contributed by atoms with Gasteiger partial charge in [-0.2, -0.15) is 0 Å². The fraction of sp³-hybridized carbons (Fsp3) is 0.0500. The zero-order chi connectivity index (χ0) is 16.5. The molecule has 0 amide bonds. The molecule has 0 saturated heterocycles. The molecular formula is C20H14FNO2. The lowest BCUT2D eigenvalue weighted by atomic mass is 9.98. The maximum absolute atomic E-state index is 14.1. The summed E-state index contributed by atoms with van der Waals surface area (Å²) in [7, 11) is 0. The van der Waals surface area contributed by atoms with Crippen LogP contribution in [0.15, 0.2) is 71.3 Å². The molecule has 0 bridgehead atoms. The molecule has 24 heavy (non-hydrogen) atoms. The van der Waals surface area contributed by atoms with E-state index in [1.165, 1.54) is 6.07 Å². The maximum Gasteiger partial charge on any atom is 0.175 e. The third kappa shape index (κ3) is 2.28. The van der Waals surface area contributed by atoms with Crippen molar-refractivity contribution in [3.63, 3.8) is 0 Å². The van der Waals surface area contributed by atoms with Crippen LogP contribution in [0.3, 0.4) is 0 Å². The van der Waals surface area contributed by atoms with Crippen LogP contribution in [-0.2, 0) is 6.61 Å². The Morgan fingerprint density at radius 3 is 2.42 bits per heavy atom. The maximum atomic E-state index is 14.1. The minimum atomic E-state index is -0.409. The molecule has 4 rings (SSSR count). The van der Waals surface area contributed by atoms with Gasteiger partial charge in [-0.1, -0.05) is 59.8 Å². The zero-order valence-electron chi connectivity index (χ0n) is 12.7. The summed E-state index contributed by atoms with van der Waals surface area (Å²) < 4.78 is 19.5. The molecule has 0 unspecified atom stereocenters. The topological polar surface area (TPSA) is 46.3 Å². The van der Waals surface area contributed by atoms with E-state index < -0.39 is 5.82 Å². The van der Waals surface area contributed by atoms with Crippen molar-refractivity contribution in [2.45, 2.75) is 6.61 Å². The van der Waals surface area contributed by atoms with Gasteiger partial charge in [-0.3, -0.25) is 0 Å². The summed E-state index contributed by atoms with van der Waals surface area (Å²) in [6.45, 7) is -0.286. The molecule has 1 N–H and O–H groups in total. The van der Waals surface area contributed by atoms with E-state index in [0.717, 1.165) is 16.3 Å². The van der Waals surface area contributed by atoms with Gasteiger partial charge in [-0.25, -0.2) is 4.39 Å². The van der Waals surface area contributed by atoms with Crippen molar-refractivity contribution in [2.24, 2.45) is 0 Å². The molecule has 4 heteroatoms. The fourth-order valence-electron chi connectivity index (χ4n) is 2.96. The summed E-state index contributed by atoms with van der Waals surface area (Å²) >= 11 is 0. The molecule has 3 nitrogen and oxygen atoms in total. The lowest BCUT2D eigenvalue weighted by Crippen LogP contribution is -1.91. The van der Waals surface area contributed by atoms with E-state index in [1.807, 2.05) is 42.5 Å². The van der Waals surface area contributed by atoms with Gasteiger partial charge in [-0.15, -0.1) is 0 Å². The summed E-state index contributed by atoms with van der Waals surface area (Å²) in [5.41, 5.74) is 2.16. The molecule has 0 saturated carbocycles. The predicted octanol–water partition coefficient (Wildman–Crippen LogP) is 4.79. The van der Waals surface area contributed by atoms with Gasteiger partial charge in [0.1, 0.15) is 11.5 Å². The quantitative estimate of drug-likeness (QED) is 0.590. The van der Waals surface area contributed by atoms with Crippen molar-refractivity contribution in [2.75, 3.05) is 0 Å². The van der Waals surface area contributed by atoms with Crippen LogP contribution < -0.4 is 0 Å². The highest BCUT2D eigenvalue weighted by atomic mass is 19.1. The van der Waals surface area contributed by atoms with Gasteiger partial charge in [0.05, 0.1) is 17.7 Å². The Morgan fingerprint density at radius 1 is 0.875 bits per heavy atom. The van der Waals surface area contributed by atoms with Crippen LogP contribution in [-0.4, -0.2) is 10.3 Å². The highest BCUT2D eigenvalue weighted by Crippen LogP contribution is 2.36. The molecule has 118 valence electrons. The molecular weight excluding hydrogens is 305 g/mol. The van der Waals surface area contributed by atoms with E-state index in [-0.39, 0.29) is 12.4 Å². The first-order valence-electron chi connectivity index (χ1n) is 7.62. The molecule has 0 aliphatic heterocycles. The van der Waals surface area contributed by atoms with Gasteiger partial charge >= 0.3 is 0 Å². The smallest absolute Gasteiger partial charge is 0.175 e. The Balaban J connectivity index is 1.96. The second-order valence-electron chi connectivity index (χ2n) is 5.50. The predicted molar refractivity (Wildman–Crippen MR) is 90.8 cm³/mol. The first-order valence-corrected chi connectivity index (χ1v) is 7.62. The lowest BCUT2D eigenvalue weighted by Gasteiger charge is -2.06. The van der Waals surface area contributed by atoms with E-state index in [1.54, 1.807) is 18.2 Å². The minimum Gasteiger partial charge on any atom is -0.391 e. The summed E-state index contributed by atoms with van der Waals surface area (Å²) in [4.78, 5) is 0. The molecule has 0 aliphatic carbocycles. The molecule has 0 aliphatic rings. The van der Waals surface area contributed by atoms with Gasteiger partial charge in [0.25, 0.3) is 0 Å². The Labute approximate surface area is 138 Å². The molecule has 0 fully saturated rings. The number of halogens is 1. The Bertz CT molecular complexity index is 1020. The first kappa shape index (κ1) is 14.6. The standard InChI is InChI=1S/C20H14FNO2/c21-18-11-4-3-9-16(18)20-17(12-23)19(22-24-20)15-10-5-7-13-6-1-2-8-14(13)15/h1-11,23H,12H2. The van der Waals surface area contributed by atoms with Gasteiger partial charge in [0.2, 0.25) is 0 Å². The average molecular weight is 319 g/mol. The second-order valence-corrected chi connectivity index (χ2v) is 5.50. The normalized spacial score (nSPS) is 11.1. The van der Waals surface area contributed by atoms with Crippen molar-refractivity contribution in [1.82, 2.24) is 5.16 Å². The van der Waals surface area contributed by atoms with Crippen LogP contribution in [0.25, 0.3) is 33.4 Å². The summed E-state index contributed by atoms with van der Waals surface area (Å²) in [5.74, 6) is -0.147. The van der Waals surface area contributed by atoms with Crippen molar-refractivity contribution in [1.29, 1.82) is 0 Å². The molecule has 0 spiro atoms. The summed E-state index contributed by atoms with van der Waals surface area (Å²) in [6.07, 6.45) is 0. The SMILES string of the molecule is OCc1c(-c2cccc3ccccc23)noc1-c1ccccc1F. The molecule has 1 aromatic heterocycles. The van der Waals surface area contributed by atoms with Crippen LogP contribution in [0.1, 0.15) is 5.56 Å². The van der Waals surface area contributed by atoms with Crippen molar-refractivity contribution >= 4 is 10.8 Å². The number of aliphatic hydroxyl groups excluding tert-OH is 1. The zero-order valence-corrected chi connectivity index (χ0v) is 12.7. The van der Waals surface area contributed by atoms with Crippen molar-refractivity contribution in [3.8, 4) is 22.6 Å². The minimum absolute atomic E-state index is 0.263. The number of benzene rings is 3. The third-order valence-electron chi connectivity index (χ3n) is 4.11. The number of hydrogen-bond donors (Lipinski definition) is 1. The van der Waals surface area contributed by atoms with Crippen LogP contribution in [0.4, 0.5) is 4.39 Å². The summed E-state index contributed by atoms with van der Waals surface area (Å²) in [5, 5.41) is 16.0. The van der Waals surface area contributed by atoms with Gasteiger partial charge in [0, 0.05) is 5.56 Å². The molecule has 4 aromatic rings. The molecule has 1 heterocycles. The van der Waals surface area contributed by atoms with Crippen LogP contribution in [0.2, 0.25) is 0 Å². The van der Waals surface area contributed by atoms with Gasteiger partial charge < -0.3 is 9.63 Å². The largest absolute Gasteiger partial charge is 0.391 e. The first-order chi connectivity index (χ1) is 11.8. The number of aliphatic hydroxyl groups is 1. The number of fused-ring (bicyclic) bond motifs is 1. The number of aromatic nitrogens is 1. The summed E-state index contributed by atoms with van der Waals surface area (Å²) in [6, 6.07) is 20.1. The van der Waals surface area contributed by atoms with Crippen LogP contribution in [0, 0.1) is 5.82 Å². The van der Waals surface area contributed by atoms with Gasteiger partial charge in [0.15, 0.2) is 5.76 Å². The van der Waals surface area contributed by atoms with Gasteiger partial charge in [-0.05, 0) is 22.9 Å². The van der Waals surface area contributed by atoms with E-state index in [2.05, 4.69) is 5.16 Å². The third-order valence-corrected chi connectivity index (χ3v) is 4.11. The van der Waals surface area contributed by atoms with E-state index >= 15 is 0 Å².